The van der Waals surface area contributed by atoms with Crippen molar-refractivity contribution in [2.45, 2.75) is 39.9 Å². The molecule has 0 rings (SSSR count). The molecule has 0 saturated carbocycles. The van der Waals surface area contributed by atoms with E-state index >= 15 is 0 Å². The van der Waals surface area contributed by atoms with E-state index in [1.54, 1.807) is 0 Å². The number of hydrogen-bond donors (Lipinski definition) is 0. The van der Waals surface area contributed by atoms with Crippen LogP contribution < -0.4 is 0 Å². The summed E-state index contributed by atoms with van der Waals surface area (Å²) in [4.78, 5) is 0. The zero-order chi connectivity index (χ0) is 11.5. The molecule has 15 heavy (non-hydrogen) atoms. The summed E-state index contributed by atoms with van der Waals surface area (Å²) in [6, 6.07) is 0. The number of rotatable bonds is 10. The second-order valence-corrected chi connectivity index (χ2v) is 3.77. The van der Waals surface area contributed by atoms with Crippen LogP contribution in [0.4, 0.5) is 0 Å². The summed E-state index contributed by atoms with van der Waals surface area (Å²) in [6.07, 6.45) is 0.517. The first kappa shape index (κ1) is 14.8. The van der Waals surface area contributed by atoms with Crippen LogP contribution in [0.1, 0.15) is 27.7 Å². The van der Waals surface area contributed by atoms with Gasteiger partial charge in [0.15, 0.2) is 0 Å². The van der Waals surface area contributed by atoms with Gasteiger partial charge in [-0.3, -0.25) is 0 Å². The lowest BCUT2D eigenvalue weighted by molar-refractivity contribution is -0.0891. The summed E-state index contributed by atoms with van der Waals surface area (Å²) < 4.78 is 21.0. The number of ether oxygens (including phenoxy) is 4. The van der Waals surface area contributed by atoms with E-state index in [0.717, 1.165) is 0 Å². The Morgan fingerprint density at radius 2 is 1.07 bits per heavy atom. The Labute approximate surface area is 92.8 Å². The highest BCUT2D eigenvalue weighted by Crippen LogP contribution is 1.89. The molecule has 0 aliphatic rings. The van der Waals surface area contributed by atoms with Gasteiger partial charge in [0.1, 0.15) is 6.79 Å². The van der Waals surface area contributed by atoms with Crippen molar-refractivity contribution < 1.29 is 18.9 Å². The van der Waals surface area contributed by atoms with Crippen LogP contribution in [0.3, 0.4) is 0 Å². The van der Waals surface area contributed by atoms with Crippen molar-refractivity contribution >= 4 is 0 Å². The van der Waals surface area contributed by atoms with Crippen molar-refractivity contribution in [1.82, 2.24) is 0 Å². The van der Waals surface area contributed by atoms with Crippen molar-refractivity contribution in [2.75, 3.05) is 33.2 Å². The summed E-state index contributed by atoms with van der Waals surface area (Å²) in [5.41, 5.74) is 0. The second kappa shape index (κ2) is 10.4. The quantitative estimate of drug-likeness (QED) is 0.416. The maximum Gasteiger partial charge on any atom is 0.146 e. The fourth-order valence-corrected chi connectivity index (χ4v) is 0.862. The van der Waals surface area contributed by atoms with Gasteiger partial charge in [0.25, 0.3) is 0 Å². The van der Waals surface area contributed by atoms with E-state index in [0.29, 0.717) is 33.2 Å². The molecule has 0 atom stereocenters. The molecular weight excluding hydrogens is 196 g/mol. The van der Waals surface area contributed by atoms with E-state index in [-0.39, 0.29) is 12.2 Å². The summed E-state index contributed by atoms with van der Waals surface area (Å²) in [6.45, 7) is 10.7. The average molecular weight is 220 g/mol. The Hall–Kier alpha value is -0.160. The summed E-state index contributed by atoms with van der Waals surface area (Å²) in [5.74, 6) is 0. The Morgan fingerprint density at radius 3 is 1.40 bits per heavy atom. The average Bonchev–Trinajstić information content (AvgIpc) is 2.14. The van der Waals surface area contributed by atoms with Crippen LogP contribution in [-0.2, 0) is 18.9 Å². The molecule has 0 radical (unpaired) electrons. The van der Waals surface area contributed by atoms with E-state index in [9.17, 15) is 0 Å². The van der Waals surface area contributed by atoms with Gasteiger partial charge in [-0.15, -0.1) is 0 Å². The standard InChI is InChI=1S/C11H24O4/c1-10(2)14-7-5-12-9-13-6-8-15-11(3)4/h10-11H,5-9H2,1-4H3. The van der Waals surface area contributed by atoms with Gasteiger partial charge in [-0.1, -0.05) is 0 Å². The monoisotopic (exact) mass is 220 g/mol. The van der Waals surface area contributed by atoms with Gasteiger partial charge in [0, 0.05) is 0 Å². The third kappa shape index (κ3) is 13.8. The van der Waals surface area contributed by atoms with E-state index in [1.165, 1.54) is 0 Å². The Morgan fingerprint density at radius 1 is 0.667 bits per heavy atom. The summed E-state index contributed by atoms with van der Waals surface area (Å²) >= 11 is 0. The zero-order valence-corrected chi connectivity index (χ0v) is 10.3. The predicted octanol–water partition coefficient (Wildman–Crippen LogP) is 1.83. The van der Waals surface area contributed by atoms with E-state index < -0.39 is 0 Å². The van der Waals surface area contributed by atoms with Gasteiger partial charge < -0.3 is 18.9 Å². The summed E-state index contributed by atoms with van der Waals surface area (Å²) in [7, 11) is 0. The van der Waals surface area contributed by atoms with E-state index in [2.05, 4.69) is 0 Å². The van der Waals surface area contributed by atoms with Gasteiger partial charge in [-0.2, -0.15) is 0 Å². The largest absolute Gasteiger partial charge is 0.376 e. The number of hydrogen-bond acceptors (Lipinski definition) is 4. The van der Waals surface area contributed by atoms with Crippen LogP contribution >= 0.6 is 0 Å². The third-order valence-corrected chi connectivity index (χ3v) is 1.52. The highest BCUT2D eigenvalue weighted by Gasteiger charge is 1.94. The second-order valence-electron chi connectivity index (χ2n) is 3.77. The minimum atomic E-state index is 0.258. The highest BCUT2D eigenvalue weighted by molar-refractivity contribution is 4.37. The fraction of sp³-hybridized carbons (Fsp3) is 1.00. The van der Waals surface area contributed by atoms with Crippen LogP contribution in [0.2, 0.25) is 0 Å². The maximum atomic E-state index is 5.30. The lowest BCUT2D eigenvalue weighted by Gasteiger charge is -2.09. The Bertz CT molecular complexity index is 112. The molecule has 0 aromatic heterocycles. The highest BCUT2D eigenvalue weighted by atomic mass is 16.7. The van der Waals surface area contributed by atoms with Crippen molar-refractivity contribution in [2.24, 2.45) is 0 Å². The molecule has 0 N–H and O–H groups in total. The zero-order valence-electron chi connectivity index (χ0n) is 10.3. The Balaban J connectivity index is 2.93. The lowest BCUT2D eigenvalue weighted by Crippen LogP contribution is -2.13. The molecule has 0 heterocycles. The van der Waals surface area contributed by atoms with Crippen LogP contribution in [0, 0.1) is 0 Å². The van der Waals surface area contributed by atoms with Crippen molar-refractivity contribution in [3.63, 3.8) is 0 Å². The topological polar surface area (TPSA) is 36.9 Å². The van der Waals surface area contributed by atoms with Gasteiger partial charge in [0.05, 0.1) is 38.6 Å². The molecule has 0 aromatic rings. The molecule has 0 aliphatic heterocycles. The van der Waals surface area contributed by atoms with E-state index in [4.69, 9.17) is 18.9 Å². The molecule has 0 unspecified atom stereocenters. The minimum Gasteiger partial charge on any atom is -0.376 e. The summed E-state index contributed by atoms with van der Waals surface area (Å²) in [5, 5.41) is 0. The van der Waals surface area contributed by atoms with Gasteiger partial charge >= 0.3 is 0 Å². The van der Waals surface area contributed by atoms with Crippen molar-refractivity contribution in [1.29, 1.82) is 0 Å². The third-order valence-electron chi connectivity index (χ3n) is 1.52. The Kier molecular flexibility index (Phi) is 10.3. The minimum absolute atomic E-state index is 0.258. The lowest BCUT2D eigenvalue weighted by atomic mass is 10.5. The van der Waals surface area contributed by atoms with E-state index in [1.807, 2.05) is 27.7 Å². The molecule has 0 fully saturated rings. The molecular formula is C11H24O4. The smallest absolute Gasteiger partial charge is 0.146 e. The van der Waals surface area contributed by atoms with Crippen LogP contribution in [0.5, 0.6) is 0 Å². The molecule has 0 saturated heterocycles. The molecule has 0 amide bonds. The van der Waals surface area contributed by atoms with Gasteiger partial charge in [0.2, 0.25) is 0 Å². The molecule has 0 aliphatic carbocycles. The van der Waals surface area contributed by atoms with Crippen LogP contribution in [0.15, 0.2) is 0 Å². The molecule has 4 heteroatoms. The first-order valence-corrected chi connectivity index (χ1v) is 5.51. The van der Waals surface area contributed by atoms with Crippen LogP contribution in [0.25, 0.3) is 0 Å². The van der Waals surface area contributed by atoms with Crippen LogP contribution in [-0.4, -0.2) is 45.4 Å². The van der Waals surface area contributed by atoms with Gasteiger partial charge in [-0.25, -0.2) is 0 Å². The SMILES string of the molecule is CC(C)OCCOCOCCOC(C)C. The first-order valence-electron chi connectivity index (χ1n) is 5.51. The molecule has 0 bridgehead atoms. The molecule has 0 spiro atoms. The normalized spacial score (nSPS) is 11.6. The molecule has 92 valence electrons. The van der Waals surface area contributed by atoms with Gasteiger partial charge in [-0.05, 0) is 27.7 Å². The fourth-order valence-electron chi connectivity index (χ4n) is 0.862. The molecule has 0 aromatic carbocycles. The van der Waals surface area contributed by atoms with Crippen molar-refractivity contribution in [3.05, 3.63) is 0 Å². The molecule has 4 nitrogen and oxygen atoms in total. The first-order chi connectivity index (χ1) is 7.13. The van der Waals surface area contributed by atoms with Crippen molar-refractivity contribution in [3.8, 4) is 0 Å². The maximum absolute atomic E-state index is 5.30. The predicted molar refractivity (Wildman–Crippen MR) is 58.9 cm³/mol.